The van der Waals surface area contributed by atoms with Crippen LogP contribution in [0.1, 0.15) is 39.3 Å². The van der Waals surface area contributed by atoms with E-state index in [-0.39, 0.29) is 16.7 Å². The lowest BCUT2D eigenvalue weighted by atomic mass is 9.94. The lowest BCUT2D eigenvalue weighted by Crippen LogP contribution is -2.47. The van der Waals surface area contributed by atoms with Gasteiger partial charge >= 0.3 is 5.97 Å². The van der Waals surface area contributed by atoms with Crippen LogP contribution in [0, 0.1) is 5.82 Å². The fraction of sp³-hybridized carbons (Fsp3) is 0.304. The molecule has 0 bridgehead atoms. The number of benzene rings is 2. The van der Waals surface area contributed by atoms with Crippen LogP contribution in [0.4, 0.5) is 10.1 Å². The largest absolute Gasteiger partial charge is 0.459 e. The molecule has 1 aliphatic heterocycles. The van der Waals surface area contributed by atoms with Crippen molar-refractivity contribution < 1.29 is 22.3 Å². The third kappa shape index (κ3) is 5.51. The predicted octanol–water partition coefficient (Wildman–Crippen LogP) is 4.10. The van der Waals surface area contributed by atoms with Crippen LogP contribution >= 0.6 is 12.2 Å². The molecule has 1 atom stereocenters. The van der Waals surface area contributed by atoms with Crippen LogP contribution in [0.25, 0.3) is 0 Å². The number of anilines is 1. The summed E-state index contributed by atoms with van der Waals surface area (Å²) in [5, 5.41) is 3.63. The molecule has 2 N–H and O–H groups in total. The number of nitrogens with one attached hydrogen (secondary N) is 2. The summed E-state index contributed by atoms with van der Waals surface area (Å²) in [6.45, 7) is 7.84. The fourth-order valence-corrected chi connectivity index (χ4v) is 5.00. The Bertz CT molecular complexity index is 1190. The highest BCUT2D eigenvalue weighted by Crippen LogP contribution is 2.33. The molecule has 1 heterocycles. The first kappa shape index (κ1) is 24.7. The zero-order chi connectivity index (χ0) is 24.3. The third-order valence-corrected chi connectivity index (χ3v) is 6.81. The second kappa shape index (κ2) is 9.88. The van der Waals surface area contributed by atoms with E-state index in [9.17, 15) is 17.6 Å². The maximum absolute atomic E-state index is 13.2. The number of thiocarbonyl (C=S) groups is 1. The van der Waals surface area contributed by atoms with E-state index in [2.05, 4.69) is 10.0 Å². The Morgan fingerprint density at radius 3 is 2.52 bits per heavy atom. The quantitative estimate of drug-likeness (QED) is 0.445. The summed E-state index contributed by atoms with van der Waals surface area (Å²) < 4.78 is 46.6. The molecule has 0 radical (unpaired) electrons. The van der Waals surface area contributed by atoms with Gasteiger partial charge in [-0.2, -0.15) is 0 Å². The van der Waals surface area contributed by atoms with E-state index in [1.807, 2.05) is 18.7 Å². The van der Waals surface area contributed by atoms with E-state index in [1.165, 1.54) is 12.1 Å². The number of carbonyl (C=O) groups is 1. The number of ether oxygens (including phenoxy) is 1. The first-order chi connectivity index (χ1) is 15.5. The van der Waals surface area contributed by atoms with Gasteiger partial charge in [0.15, 0.2) is 5.11 Å². The summed E-state index contributed by atoms with van der Waals surface area (Å²) in [6.07, 6.45) is -0.309. The zero-order valence-corrected chi connectivity index (χ0v) is 20.4. The number of hydrogen-bond donors (Lipinski definition) is 2. The van der Waals surface area contributed by atoms with Crippen LogP contribution in [0.5, 0.6) is 0 Å². The molecule has 0 saturated carbocycles. The summed E-state index contributed by atoms with van der Waals surface area (Å²) in [5.74, 6) is -1.00. The van der Waals surface area contributed by atoms with Gasteiger partial charge in [-0.25, -0.2) is 17.6 Å². The van der Waals surface area contributed by atoms with Crippen LogP contribution < -0.4 is 10.0 Å². The van der Waals surface area contributed by atoms with Crippen LogP contribution in [-0.2, 0) is 19.6 Å². The molecule has 33 heavy (non-hydrogen) atoms. The van der Waals surface area contributed by atoms with Crippen molar-refractivity contribution in [1.82, 2.24) is 10.2 Å². The normalized spacial score (nSPS) is 16.6. The maximum atomic E-state index is 13.2. The Labute approximate surface area is 198 Å². The van der Waals surface area contributed by atoms with Gasteiger partial charge < -0.3 is 15.0 Å². The highest BCUT2D eigenvalue weighted by Gasteiger charge is 2.34. The van der Waals surface area contributed by atoms with Crippen molar-refractivity contribution in [2.24, 2.45) is 0 Å². The standard InChI is InChI=1S/C23H26FN3O4S2/c1-5-27-15(4)20(22(28)31-14(2)3)21(25-23(27)32)16-7-6-8-18(13-16)26-33(29,30)19-11-9-17(24)10-12-19/h6-14,21,26H,5H2,1-4H3,(H,25,32)/t21-/m1/s1. The number of halogens is 1. The third-order valence-electron chi connectivity index (χ3n) is 5.07. The van der Waals surface area contributed by atoms with E-state index >= 15 is 0 Å². The van der Waals surface area contributed by atoms with E-state index in [4.69, 9.17) is 17.0 Å². The van der Waals surface area contributed by atoms with Gasteiger partial charge in [0.1, 0.15) is 5.82 Å². The molecule has 0 aliphatic carbocycles. The number of sulfonamides is 1. The van der Waals surface area contributed by atoms with E-state index in [1.54, 1.807) is 38.1 Å². The van der Waals surface area contributed by atoms with Crippen molar-refractivity contribution in [3.05, 3.63) is 71.2 Å². The number of allylic oxidation sites excluding steroid dienone is 1. The number of nitrogens with zero attached hydrogens (tertiary/aromatic N) is 1. The molecule has 2 aromatic rings. The van der Waals surface area contributed by atoms with Gasteiger partial charge in [0, 0.05) is 17.9 Å². The molecular weight excluding hydrogens is 465 g/mol. The summed E-state index contributed by atoms with van der Waals surface area (Å²) in [6, 6.07) is 10.6. The van der Waals surface area contributed by atoms with Crippen molar-refractivity contribution in [1.29, 1.82) is 0 Å². The second-order valence-electron chi connectivity index (χ2n) is 7.76. The molecule has 2 aromatic carbocycles. The predicted molar refractivity (Wildman–Crippen MR) is 128 cm³/mol. The van der Waals surface area contributed by atoms with Gasteiger partial charge in [0.2, 0.25) is 0 Å². The average Bonchev–Trinajstić information content (AvgIpc) is 2.73. The lowest BCUT2D eigenvalue weighted by molar-refractivity contribution is -0.143. The van der Waals surface area contributed by atoms with E-state index < -0.39 is 27.9 Å². The van der Waals surface area contributed by atoms with Gasteiger partial charge in [0.05, 0.1) is 22.6 Å². The van der Waals surface area contributed by atoms with Crippen molar-refractivity contribution in [2.75, 3.05) is 11.3 Å². The minimum absolute atomic E-state index is 0.0678. The Morgan fingerprint density at radius 2 is 1.91 bits per heavy atom. The summed E-state index contributed by atoms with van der Waals surface area (Å²) >= 11 is 5.49. The minimum atomic E-state index is -3.93. The van der Waals surface area contributed by atoms with Gasteiger partial charge in [0.25, 0.3) is 10.0 Å². The maximum Gasteiger partial charge on any atom is 0.338 e. The molecule has 176 valence electrons. The Balaban J connectivity index is 1.98. The minimum Gasteiger partial charge on any atom is -0.459 e. The number of carbonyl (C=O) groups excluding carboxylic acids is 1. The van der Waals surface area contributed by atoms with Gasteiger partial charge in [-0.3, -0.25) is 4.72 Å². The van der Waals surface area contributed by atoms with Crippen molar-refractivity contribution in [3.63, 3.8) is 0 Å². The average molecular weight is 492 g/mol. The number of esters is 1. The Morgan fingerprint density at radius 1 is 1.24 bits per heavy atom. The molecule has 0 saturated heterocycles. The topological polar surface area (TPSA) is 87.7 Å². The molecule has 0 aromatic heterocycles. The molecule has 0 fully saturated rings. The second-order valence-corrected chi connectivity index (χ2v) is 9.83. The first-order valence-corrected chi connectivity index (χ1v) is 12.3. The lowest BCUT2D eigenvalue weighted by Gasteiger charge is -2.37. The van der Waals surface area contributed by atoms with Gasteiger partial charge in [-0.1, -0.05) is 12.1 Å². The summed E-state index contributed by atoms with van der Waals surface area (Å²) in [7, 11) is -3.93. The molecule has 3 rings (SSSR count). The summed E-state index contributed by atoms with van der Waals surface area (Å²) in [5.41, 5.74) is 1.99. The molecule has 0 amide bonds. The highest BCUT2D eigenvalue weighted by atomic mass is 32.2. The van der Waals surface area contributed by atoms with Crippen LogP contribution in [-0.4, -0.2) is 37.0 Å². The molecule has 0 unspecified atom stereocenters. The van der Waals surface area contributed by atoms with Crippen LogP contribution in [0.2, 0.25) is 0 Å². The van der Waals surface area contributed by atoms with Crippen LogP contribution in [0.3, 0.4) is 0 Å². The molecule has 0 spiro atoms. The molecule has 1 aliphatic rings. The SMILES string of the molecule is CCN1C(=S)N[C@H](c2cccc(NS(=O)(=O)c3ccc(F)cc3)c2)C(C(=O)OC(C)C)=C1C. The van der Waals surface area contributed by atoms with E-state index in [0.29, 0.717) is 28.5 Å². The van der Waals surface area contributed by atoms with Crippen molar-refractivity contribution in [2.45, 2.75) is 44.7 Å². The highest BCUT2D eigenvalue weighted by molar-refractivity contribution is 7.92. The van der Waals surface area contributed by atoms with Crippen molar-refractivity contribution >= 4 is 39.0 Å². The molecular formula is C23H26FN3O4S2. The first-order valence-electron chi connectivity index (χ1n) is 10.4. The molecule has 10 heteroatoms. The Hall–Kier alpha value is -2.98. The van der Waals surface area contributed by atoms with Crippen molar-refractivity contribution in [3.8, 4) is 0 Å². The van der Waals surface area contributed by atoms with E-state index in [0.717, 1.165) is 12.1 Å². The number of rotatable bonds is 7. The number of hydrogen-bond acceptors (Lipinski definition) is 5. The van der Waals surface area contributed by atoms with Gasteiger partial charge in [-0.05, 0) is 81.9 Å². The monoisotopic (exact) mass is 491 g/mol. The molecule has 7 nitrogen and oxygen atoms in total. The summed E-state index contributed by atoms with van der Waals surface area (Å²) in [4.78, 5) is 14.7. The zero-order valence-electron chi connectivity index (χ0n) is 18.8. The smallest absolute Gasteiger partial charge is 0.338 e. The van der Waals surface area contributed by atoms with Crippen LogP contribution in [0.15, 0.2) is 64.7 Å². The Kier molecular flexibility index (Phi) is 7.38. The van der Waals surface area contributed by atoms with Gasteiger partial charge in [-0.15, -0.1) is 0 Å². The fourth-order valence-electron chi connectivity index (χ4n) is 3.56.